The molecule has 14 heavy (non-hydrogen) atoms. The van der Waals surface area contributed by atoms with Gasteiger partial charge in [-0.1, -0.05) is 0 Å². The SMILES string of the molecule is CC1=NN(C)C2NC(=O)C=C(CCl)C12. The van der Waals surface area contributed by atoms with E-state index in [2.05, 4.69) is 10.4 Å². The molecule has 1 N–H and O–H groups in total. The third-order valence-corrected chi connectivity index (χ3v) is 2.95. The molecule has 2 atom stereocenters. The van der Waals surface area contributed by atoms with Gasteiger partial charge in [-0.3, -0.25) is 9.80 Å². The van der Waals surface area contributed by atoms with Gasteiger partial charge in [-0.05, 0) is 12.5 Å². The minimum atomic E-state index is -0.0846. The normalized spacial score (nSPS) is 30.8. The van der Waals surface area contributed by atoms with Gasteiger partial charge in [0.15, 0.2) is 0 Å². The molecule has 0 aromatic carbocycles. The summed E-state index contributed by atoms with van der Waals surface area (Å²) < 4.78 is 0. The van der Waals surface area contributed by atoms with E-state index in [-0.39, 0.29) is 18.0 Å². The molecule has 2 aliphatic heterocycles. The van der Waals surface area contributed by atoms with Crippen LogP contribution in [0.25, 0.3) is 0 Å². The summed E-state index contributed by atoms with van der Waals surface area (Å²) in [6.45, 7) is 1.96. The van der Waals surface area contributed by atoms with E-state index in [0.29, 0.717) is 5.88 Å². The van der Waals surface area contributed by atoms with Crippen molar-refractivity contribution in [2.45, 2.75) is 13.1 Å². The smallest absolute Gasteiger partial charge is 0.245 e. The molecule has 0 bridgehead atoms. The van der Waals surface area contributed by atoms with Crippen LogP contribution in [0.4, 0.5) is 0 Å². The Morgan fingerprint density at radius 3 is 3.07 bits per heavy atom. The highest BCUT2D eigenvalue weighted by Gasteiger charge is 2.39. The predicted molar refractivity (Wildman–Crippen MR) is 55.1 cm³/mol. The first-order valence-corrected chi connectivity index (χ1v) is 5.02. The molecular weight excluding hydrogens is 202 g/mol. The Kier molecular flexibility index (Phi) is 2.23. The molecule has 0 aromatic rings. The Morgan fingerprint density at radius 1 is 1.71 bits per heavy atom. The number of carbonyl (C=O) groups excluding carboxylic acids is 1. The van der Waals surface area contributed by atoms with Crippen LogP contribution in [0.3, 0.4) is 0 Å². The van der Waals surface area contributed by atoms with Crippen LogP contribution < -0.4 is 5.32 Å². The fraction of sp³-hybridized carbons (Fsp3) is 0.556. The van der Waals surface area contributed by atoms with Crippen LogP contribution >= 0.6 is 11.6 Å². The lowest BCUT2D eigenvalue weighted by Crippen LogP contribution is -2.50. The average Bonchev–Trinajstić information content (AvgIpc) is 2.41. The lowest BCUT2D eigenvalue weighted by molar-refractivity contribution is -0.119. The largest absolute Gasteiger partial charge is 0.330 e. The number of nitrogens with zero attached hydrogens (tertiary/aromatic N) is 2. The van der Waals surface area contributed by atoms with Gasteiger partial charge in [0, 0.05) is 24.7 Å². The molecule has 0 fully saturated rings. The predicted octanol–water partition coefficient (Wildman–Crippen LogP) is 0.545. The molecule has 0 saturated heterocycles. The van der Waals surface area contributed by atoms with E-state index in [9.17, 15) is 4.79 Å². The van der Waals surface area contributed by atoms with Crippen molar-refractivity contribution in [2.24, 2.45) is 11.0 Å². The molecule has 4 nitrogen and oxygen atoms in total. The quantitative estimate of drug-likeness (QED) is 0.647. The van der Waals surface area contributed by atoms with Crippen molar-refractivity contribution >= 4 is 23.2 Å². The number of nitrogens with one attached hydrogen (secondary N) is 1. The minimum Gasteiger partial charge on any atom is -0.330 e. The summed E-state index contributed by atoms with van der Waals surface area (Å²) in [5.41, 5.74) is 1.95. The van der Waals surface area contributed by atoms with Gasteiger partial charge < -0.3 is 5.32 Å². The van der Waals surface area contributed by atoms with Crippen LogP contribution in [0.2, 0.25) is 0 Å². The Labute approximate surface area is 87.6 Å². The number of fused-ring (bicyclic) bond motifs is 1. The maximum Gasteiger partial charge on any atom is 0.245 e. The third kappa shape index (κ3) is 1.30. The zero-order valence-corrected chi connectivity index (χ0v) is 8.88. The molecule has 0 aromatic heterocycles. The highest BCUT2D eigenvalue weighted by atomic mass is 35.5. The number of amides is 1. The van der Waals surface area contributed by atoms with Crippen molar-refractivity contribution in [3.8, 4) is 0 Å². The van der Waals surface area contributed by atoms with Crippen molar-refractivity contribution in [3.63, 3.8) is 0 Å². The fourth-order valence-corrected chi connectivity index (χ4v) is 2.28. The van der Waals surface area contributed by atoms with E-state index in [1.54, 1.807) is 11.1 Å². The van der Waals surface area contributed by atoms with Crippen LogP contribution in [-0.2, 0) is 4.79 Å². The number of halogens is 1. The first-order valence-electron chi connectivity index (χ1n) is 4.48. The molecule has 5 heteroatoms. The third-order valence-electron chi connectivity index (χ3n) is 2.64. The van der Waals surface area contributed by atoms with Crippen molar-refractivity contribution in [1.29, 1.82) is 0 Å². The van der Waals surface area contributed by atoms with Crippen molar-refractivity contribution in [3.05, 3.63) is 11.6 Å². The first-order chi connectivity index (χ1) is 6.63. The van der Waals surface area contributed by atoms with Crippen molar-refractivity contribution in [1.82, 2.24) is 10.3 Å². The lowest BCUT2D eigenvalue weighted by atomic mass is 9.90. The molecule has 0 saturated carbocycles. The average molecular weight is 214 g/mol. The van der Waals surface area contributed by atoms with Gasteiger partial charge in [-0.2, -0.15) is 5.10 Å². The fourth-order valence-electron chi connectivity index (χ4n) is 2.03. The standard InChI is InChI=1S/C9H12ClN3O/c1-5-8-6(4-10)3-7(14)11-9(8)13(2)12-5/h3,8-9H,4H2,1-2H3,(H,11,14). The molecule has 76 valence electrons. The summed E-state index contributed by atoms with van der Waals surface area (Å²) >= 11 is 5.80. The zero-order chi connectivity index (χ0) is 10.3. The van der Waals surface area contributed by atoms with Gasteiger partial charge in [-0.25, -0.2) is 0 Å². The molecule has 1 amide bonds. The van der Waals surface area contributed by atoms with Gasteiger partial charge in [0.2, 0.25) is 5.91 Å². The van der Waals surface area contributed by atoms with Gasteiger partial charge in [0.05, 0.1) is 5.92 Å². The van der Waals surface area contributed by atoms with E-state index in [1.807, 2.05) is 14.0 Å². The summed E-state index contributed by atoms with van der Waals surface area (Å²) in [4.78, 5) is 11.3. The number of hydrogen-bond acceptors (Lipinski definition) is 3. The van der Waals surface area contributed by atoms with Gasteiger partial charge in [-0.15, -0.1) is 11.6 Å². The second-order valence-electron chi connectivity index (χ2n) is 3.60. The van der Waals surface area contributed by atoms with Crippen molar-refractivity contribution in [2.75, 3.05) is 12.9 Å². The topological polar surface area (TPSA) is 44.7 Å². The van der Waals surface area contributed by atoms with E-state index in [4.69, 9.17) is 11.6 Å². The van der Waals surface area contributed by atoms with E-state index < -0.39 is 0 Å². The Morgan fingerprint density at radius 2 is 2.43 bits per heavy atom. The molecule has 0 radical (unpaired) electrons. The minimum absolute atomic E-state index is 0.0544. The molecule has 2 heterocycles. The van der Waals surface area contributed by atoms with E-state index in [1.165, 1.54) is 0 Å². The monoisotopic (exact) mass is 213 g/mol. The highest BCUT2D eigenvalue weighted by molar-refractivity contribution is 6.20. The maximum atomic E-state index is 11.3. The Hall–Kier alpha value is -1.03. The van der Waals surface area contributed by atoms with E-state index >= 15 is 0 Å². The van der Waals surface area contributed by atoms with E-state index in [0.717, 1.165) is 11.3 Å². The van der Waals surface area contributed by atoms with Crippen LogP contribution in [0.5, 0.6) is 0 Å². The summed E-state index contributed by atoms with van der Waals surface area (Å²) in [7, 11) is 1.85. The van der Waals surface area contributed by atoms with Crippen LogP contribution in [0, 0.1) is 5.92 Å². The molecule has 2 aliphatic rings. The number of alkyl halides is 1. The second kappa shape index (κ2) is 3.28. The summed E-state index contributed by atoms with van der Waals surface area (Å²) in [5, 5.41) is 8.94. The molecular formula is C9H12ClN3O. The van der Waals surface area contributed by atoms with Crippen LogP contribution in [0.1, 0.15) is 6.92 Å². The maximum absolute atomic E-state index is 11.3. The zero-order valence-electron chi connectivity index (χ0n) is 8.12. The first kappa shape index (κ1) is 9.52. The van der Waals surface area contributed by atoms with Gasteiger partial charge in [0.25, 0.3) is 0 Å². The summed E-state index contributed by atoms with van der Waals surface area (Å²) in [5.74, 6) is 0.448. The number of hydrogen-bond donors (Lipinski definition) is 1. The Balaban J connectivity index is 2.36. The lowest BCUT2D eigenvalue weighted by Gasteiger charge is -2.30. The summed E-state index contributed by atoms with van der Waals surface area (Å²) in [6.07, 6.45) is 1.52. The van der Waals surface area contributed by atoms with Gasteiger partial charge in [0.1, 0.15) is 6.17 Å². The van der Waals surface area contributed by atoms with Crippen molar-refractivity contribution < 1.29 is 4.79 Å². The Bertz CT molecular complexity index is 337. The summed E-state index contributed by atoms with van der Waals surface area (Å²) in [6, 6.07) is 0. The number of rotatable bonds is 1. The molecule has 0 aliphatic carbocycles. The number of hydrazone groups is 1. The van der Waals surface area contributed by atoms with Gasteiger partial charge >= 0.3 is 0 Å². The molecule has 2 unspecified atom stereocenters. The van der Waals surface area contributed by atoms with Crippen LogP contribution in [-0.4, -0.2) is 35.7 Å². The molecule has 2 rings (SSSR count). The second-order valence-corrected chi connectivity index (χ2v) is 3.87. The number of carbonyl (C=O) groups is 1. The van der Waals surface area contributed by atoms with Crippen LogP contribution in [0.15, 0.2) is 16.8 Å². The molecule has 0 spiro atoms. The highest BCUT2D eigenvalue weighted by Crippen LogP contribution is 2.28.